The van der Waals surface area contributed by atoms with E-state index in [1.807, 2.05) is 6.07 Å². The molecule has 88 valence electrons. The summed E-state index contributed by atoms with van der Waals surface area (Å²) in [6.07, 6.45) is 0.329. The normalized spacial score (nSPS) is 12.0. The molecule has 0 unspecified atom stereocenters. The maximum absolute atomic E-state index is 11.0. The first-order chi connectivity index (χ1) is 7.58. The van der Waals surface area contributed by atoms with Crippen molar-refractivity contribution in [3.63, 3.8) is 0 Å². The van der Waals surface area contributed by atoms with Gasteiger partial charge in [0.15, 0.2) is 11.5 Å². The van der Waals surface area contributed by atoms with Crippen LogP contribution in [-0.2, 0) is 4.79 Å². The van der Waals surface area contributed by atoms with E-state index in [1.54, 1.807) is 26.4 Å². The fraction of sp³-hybridized carbons (Fsp3) is 0.417. The molecule has 1 atom stereocenters. The summed E-state index contributed by atoms with van der Waals surface area (Å²) in [6, 6.07) is 5.13. The van der Waals surface area contributed by atoms with Crippen LogP contribution in [0.4, 0.5) is 0 Å². The van der Waals surface area contributed by atoms with Crippen molar-refractivity contribution in [2.75, 3.05) is 14.2 Å². The number of hydrogen-bond acceptors (Lipinski definition) is 4. The van der Waals surface area contributed by atoms with Gasteiger partial charge in [0.2, 0.25) is 0 Å². The Morgan fingerprint density at radius 2 is 1.94 bits per heavy atom. The predicted octanol–water partition coefficient (Wildman–Crippen LogP) is 1.68. The summed E-state index contributed by atoms with van der Waals surface area (Å²) in [6.45, 7) is 1.53. The van der Waals surface area contributed by atoms with E-state index in [1.165, 1.54) is 6.92 Å². The van der Waals surface area contributed by atoms with E-state index in [0.717, 1.165) is 5.56 Å². The van der Waals surface area contributed by atoms with E-state index in [2.05, 4.69) is 0 Å². The molecule has 2 N–H and O–H groups in total. The van der Waals surface area contributed by atoms with Gasteiger partial charge in [-0.05, 0) is 24.6 Å². The Kier molecular flexibility index (Phi) is 4.31. The Hall–Kier alpha value is -1.55. The fourth-order valence-electron chi connectivity index (χ4n) is 1.51. The third-order valence-electron chi connectivity index (χ3n) is 2.34. The molecule has 0 spiro atoms. The highest BCUT2D eigenvalue weighted by atomic mass is 16.5. The molecule has 4 nitrogen and oxygen atoms in total. The number of methoxy groups -OCH3 is 2. The lowest BCUT2D eigenvalue weighted by molar-refractivity contribution is -0.117. The summed E-state index contributed by atoms with van der Waals surface area (Å²) in [5.41, 5.74) is 6.76. The van der Waals surface area contributed by atoms with E-state index in [0.29, 0.717) is 17.9 Å². The number of carbonyl (C=O) groups is 1. The van der Waals surface area contributed by atoms with Crippen molar-refractivity contribution in [2.45, 2.75) is 19.4 Å². The average molecular weight is 223 g/mol. The minimum absolute atomic E-state index is 0.0716. The first-order valence-corrected chi connectivity index (χ1v) is 5.05. The van der Waals surface area contributed by atoms with Crippen LogP contribution in [0.1, 0.15) is 24.9 Å². The lowest BCUT2D eigenvalue weighted by Gasteiger charge is -2.13. The monoisotopic (exact) mass is 223 g/mol. The number of rotatable bonds is 5. The summed E-state index contributed by atoms with van der Waals surface area (Å²) in [5.74, 6) is 1.35. The van der Waals surface area contributed by atoms with Crippen molar-refractivity contribution in [2.24, 2.45) is 5.73 Å². The van der Waals surface area contributed by atoms with Crippen molar-refractivity contribution >= 4 is 5.78 Å². The van der Waals surface area contributed by atoms with Gasteiger partial charge in [0.05, 0.1) is 14.2 Å². The highest BCUT2D eigenvalue weighted by Gasteiger charge is 2.11. The van der Waals surface area contributed by atoms with Crippen LogP contribution in [-0.4, -0.2) is 20.0 Å². The highest BCUT2D eigenvalue weighted by Crippen LogP contribution is 2.30. The number of ether oxygens (including phenoxy) is 2. The maximum atomic E-state index is 11.0. The zero-order chi connectivity index (χ0) is 12.1. The molecule has 0 fully saturated rings. The second-order valence-electron chi connectivity index (χ2n) is 3.63. The van der Waals surface area contributed by atoms with Crippen LogP contribution < -0.4 is 15.2 Å². The van der Waals surface area contributed by atoms with Crippen LogP contribution in [0.25, 0.3) is 0 Å². The smallest absolute Gasteiger partial charge is 0.161 e. The first-order valence-electron chi connectivity index (χ1n) is 5.05. The van der Waals surface area contributed by atoms with Crippen LogP contribution in [0.5, 0.6) is 11.5 Å². The molecule has 16 heavy (non-hydrogen) atoms. The molecule has 0 amide bonds. The summed E-state index contributed by atoms with van der Waals surface area (Å²) < 4.78 is 10.3. The van der Waals surface area contributed by atoms with Crippen molar-refractivity contribution in [1.29, 1.82) is 0 Å². The summed E-state index contributed by atoms with van der Waals surface area (Å²) >= 11 is 0. The minimum Gasteiger partial charge on any atom is -0.493 e. The molecular formula is C12H17NO3. The SMILES string of the molecule is COc1ccc([C@H](N)CC(C)=O)cc1OC. The molecule has 0 aliphatic carbocycles. The molecule has 0 radical (unpaired) electrons. The van der Waals surface area contributed by atoms with Gasteiger partial charge in [-0.25, -0.2) is 0 Å². The third-order valence-corrected chi connectivity index (χ3v) is 2.34. The van der Waals surface area contributed by atoms with E-state index >= 15 is 0 Å². The molecule has 0 aliphatic rings. The second-order valence-corrected chi connectivity index (χ2v) is 3.63. The quantitative estimate of drug-likeness (QED) is 0.825. The van der Waals surface area contributed by atoms with Crippen molar-refractivity contribution in [1.82, 2.24) is 0 Å². The molecule has 4 heteroatoms. The van der Waals surface area contributed by atoms with Crippen LogP contribution in [0.3, 0.4) is 0 Å². The number of hydrogen-bond donors (Lipinski definition) is 1. The molecule has 1 rings (SSSR count). The predicted molar refractivity (Wildman–Crippen MR) is 61.8 cm³/mol. The first kappa shape index (κ1) is 12.5. The zero-order valence-electron chi connectivity index (χ0n) is 9.82. The molecular weight excluding hydrogens is 206 g/mol. The van der Waals surface area contributed by atoms with E-state index < -0.39 is 0 Å². The van der Waals surface area contributed by atoms with Crippen molar-refractivity contribution in [3.05, 3.63) is 23.8 Å². The summed E-state index contributed by atoms with van der Waals surface area (Å²) in [4.78, 5) is 11.0. The van der Waals surface area contributed by atoms with Gasteiger partial charge in [0.25, 0.3) is 0 Å². The molecule has 1 aromatic rings. The Labute approximate surface area is 95.3 Å². The van der Waals surface area contributed by atoms with E-state index in [9.17, 15) is 4.79 Å². The van der Waals surface area contributed by atoms with Crippen molar-refractivity contribution in [3.8, 4) is 11.5 Å². The number of benzene rings is 1. The molecule has 0 heterocycles. The van der Waals surface area contributed by atoms with Crippen LogP contribution in [0, 0.1) is 0 Å². The van der Waals surface area contributed by atoms with Gasteiger partial charge in [0.1, 0.15) is 5.78 Å². The standard InChI is InChI=1S/C12H17NO3/c1-8(14)6-10(13)9-4-5-11(15-2)12(7-9)16-3/h4-5,7,10H,6,13H2,1-3H3/t10-/m1/s1. The summed E-state index contributed by atoms with van der Waals surface area (Å²) in [7, 11) is 3.14. The molecule has 0 saturated carbocycles. The second kappa shape index (κ2) is 5.51. The average Bonchev–Trinajstić information content (AvgIpc) is 2.27. The van der Waals surface area contributed by atoms with Gasteiger partial charge < -0.3 is 15.2 Å². The Bertz CT molecular complexity index is 377. The van der Waals surface area contributed by atoms with E-state index in [4.69, 9.17) is 15.2 Å². The number of Topliss-reactive ketones (excluding diaryl/α,β-unsaturated/α-hetero) is 1. The highest BCUT2D eigenvalue weighted by molar-refractivity contribution is 5.76. The van der Waals surface area contributed by atoms with Gasteiger partial charge >= 0.3 is 0 Å². The van der Waals surface area contributed by atoms with Crippen LogP contribution in [0.15, 0.2) is 18.2 Å². The van der Waals surface area contributed by atoms with Gasteiger partial charge in [-0.15, -0.1) is 0 Å². The topological polar surface area (TPSA) is 61.5 Å². The summed E-state index contributed by atoms with van der Waals surface area (Å²) in [5, 5.41) is 0. The van der Waals surface area contributed by atoms with Gasteiger partial charge in [-0.2, -0.15) is 0 Å². The Morgan fingerprint density at radius 3 is 2.44 bits per heavy atom. The van der Waals surface area contributed by atoms with Crippen LogP contribution >= 0.6 is 0 Å². The molecule has 1 aromatic carbocycles. The number of ketones is 1. The lowest BCUT2D eigenvalue weighted by atomic mass is 10.0. The number of carbonyl (C=O) groups excluding carboxylic acids is 1. The Balaban J connectivity index is 2.93. The minimum atomic E-state index is -0.294. The fourth-order valence-corrected chi connectivity index (χ4v) is 1.51. The largest absolute Gasteiger partial charge is 0.493 e. The molecule has 0 aliphatic heterocycles. The number of nitrogens with two attached hydrogens (primary N) is 1. The van der Waals surface area contributed by atoms with E-state index in [-0.39, 0.29) is 11.8 Å². The van der Waals surface area contributed by atoms with Crippen molar-refractivity contribution < 1.29 is 14.3 Å². The molecule has 0 aromatic heterocycles. The third kappa shape index (κ3) is 2.97. The van der Waals surface area contributed by atoms with Gasteiger partial charge in [-0.1, -0.05) is 6.07 Å². The molecule has 0 bridgehead atoms. The maximum Gasteiger partial charge on any atom is 0.161 e. The van der Waals surface area contributed by atoms with Crippen LogP contribution in [0.2, 0.25) is 0 Å². The lowest BCUT2D eigenvalue weighted by Crippen LogP contribution is -2.13. The van der Waals surface area contributed by atoms with Gasteiger partial charge in [0, 0.05) is 12.5 Å². The Morgan fingerprint density at radius 1 is 1.31 bits per heavy atom. The zero-order valence-corrected chi connectivity index (χ0v) is 9.82. The van der Waals surface area contributed by atoms with Gasteiger partial charge in [-0.3, -0.25) is 4.79 Å². The molecule has 0 saturated heterocycles.